The molecular weight excluding hydrogens is 222 g/mol. The molecule has 1 aromatic rings. The Kier molecular flexibility index (Phi) is 3.67. The van der Waals surface area contributed by atoms with E-state index in [0.717, 1.165) is 18.8 Å². The van der Waals surface area contributed by atoms with Crippen molar-refractivity contribution in [3.63, 3.8) is 0 Å². The van der Waals surface area contributed by atoms with Crippen molar-refractivity contribution >= 4 is 0 Å². The van der Waals surface area contributed by atoms with Crippen LogP contribution in [0.4, 0.5) is 0 Å². The highest BCUT2D eigenvalue weighted by Crippen LogP contribution is 2.40. The first-order valence-electron chi connectivity index (χ1n) is 6.84. The van der Waals surface area contributed by atoms with Crippen LogP contribution in [-0.2, 0) is 0 Å². The second-order valence-electron chi connectivity index (χ2n) is 6.33. The Morgan fingerprint density at radius 1 is 1.33 bits per heavy atom. The molecule has 0 saturated carbocycles. The number of hydrogen-bond acceptors (Lipinski definition) is 2. The molecule has 0 aliphatic carbocycles. The van der Waals surface area contributed by atoms with E-state index in [2.05, 4.69) is 51.2 Å². The van der Waals surface area contributed by atoms with E-state index in [9.17, 15) is 0 Å². The van der Waals surface area contributed by atoms with Crippen LogP contribution in [-0.4, -0.2) is 20.2 Å². The minimum Gasteiger partial charge on any atom is -0.496 e. The second-order valence-corrected chi connectivity index (χ2v) is 6.33. The fourth-order valence-electron chi connectivity index (χ4n) is 2.93. The van der Waals surface area contributed by atoms with Gasteiger partial charge in [-0.2, -0.15) is 0 Å². The van der Waals surface area contributed by atoms with Gasteiger partial charge in [0.05, 0.1) is 7.11 Å². The number of hydrogen-bond donors (Lipinski definition) is 1. The third-order valence-corrected chi connectivity index (χ3v) is 4.15. The van der Waals surface area contributed by atoms with Gasteiger partial charge in [-0.05, 0) is 28.5 Å². The van der Waals surface area contributed by atoms with E-state index in [0.29, 0.717) is 17.3 Å². The zero-order valence-electron chi connectivity index (χ0n) is 12.2. The van der Waals surface area contributed by atoms with E-state index in [-0.39, 0.29) is 0 Å². The van der Waals surface area contributed by atoms with Crippen LogP contribution >= 0.6 is 0 Å². The van der Waals surface area contributed by atoms with Crippen molar-refractivity contribution in [2.75, 3.05) is 20.2 Å². The van der Waals surface area contributed by atoms with Gasteiger partial charge in [0.25, 0.3) is 0 Å². The molecule has 1 N–H and O–H groups in total. The number of benzene rings is 1. The summed E-state index contributed by atoms with van der Waals surface area (Å²) in [6.45, 7) is 11.3. The highest BCUT2D eigenvalue weighted by molar-refractivity contribution is 5.41. The number of ether oxygens (including phenoxy) is 1. The molecule has 1 aromatic carbocycles. The van der Waals surface area contributed by atoms with E-state index in [4.69, 9.17) is 4.74 Å². The van der Waals surface area contributed by atoms with E-state index < -0.39 is 0 Å². The van der Waals surface area contributed by atoms with Gasteiger partial charge >= 0.3 is 0 Å². The van der Waals surface area contributed by atoms with Crippen molar-refractivity contribution in [1.82, 2.24) is 5.32 Å². The van der Waals surface area contributed by atoms with Gasteiger partial charge < -0.3 is 10.1 Å². The third kappa shape index (κ3) is 2.39. The summed E-state index contributed by atoms with van der Waals surface area (Å²) in [4.78, 5) is 0. The number of rotatable bonds is 3. The lowest BCUT2D eigenvalue weighted by molar-refractivity contribution is 0.361. The summed E-state index contributed by atoms with van der Waals surface area (Å²) >= 11 is 0. The zero-order chi connectivity index (χ0) is 13.3. The molecule has 100 valence electrons. The van der Waals surface area contributed by atoms with Crippen molar-refractivity contribution < 1.29 is 4.74 Å². The van der Waals surface area contributed by atoms with Crippen molar-refractivity contribution in [2.24, 2.45) is 5.41 Å². The van der Waals surface area contributed by atoms with Crippen LogP contribution in [0.5, 0.6) is 5.75 Å². The maximum absolute atomic E-state index is 5.46. The Morgan fingerprint density at radius 2 is 2.06 bits per heavy atom. The molecule has 2 heteroatoms. The summed E-state index contributed by atoms with van der Waals surface area (Å²) in [6.07, 6.45) is 0. The first-order chi connectivity index (χ1) is 8.45. The lowest BCUT2D eigenvalue weighted by atomic mass is 9.77. The topological polar surface area (TPSA) is 21.3 Å². The van der Waals surface area contributed by atoms with Gasteiger partial charge in [-0.15, -0.1) is 0 Å². The van der Waals surface area contributed by atoms with Gasteiger partial charge in [-0.3, -0.25) is 0 Å². The summed E-state index contributed by atoms with van der Waals surface area (Å²) in [5.74, 6) is 2.11. The Bertz CT molecular complexity index is 423. The summed E-state index contributed by atoms with van der Waals surface area (Å²) in [6, 6.07) is 6.69. The minimum absolute atomic E-state index is 0.336. The van der Waals surface area contributed by atoms with Crippen LogP contribution in [0.3, 0.4) is 0 Å². The molecule has 1 aliphatic rings. The summed E-state index contributed by atoms with van der Waals surface area (Å²) in [5.41, 5.74) is 3.09. The number of methoxy groups -OCH3 is 1. The maximum Gasteiger partial charge on any atom is 0.122 e. The highest BCUT2D eigenvalue weighted by atomic mass is 16.5. The molecule has 1 aliphatic heterocycles. The molecule has 0 spiro atoms. The molecule has 0 amide bonds. The van der Waals surface area contributed by atoms with Crippen molar-refractivity contribution in [3.8, 4) is 5.75 Å². The molecule has 1 fully saturated rings. The summed E-state index contributed by atoms with van der Waals surface area (Å²) in [7, 11) is 1.75. The number of nitrogens with one attached hydrogen (secondary N) is 1. The molecule has 1 saturated heterocycles. The molecule has 18 heavy (non-hydrogen) atoms. The van der Waals surface area contributed by atoms with E-state index in [1.807, 2.05) is 0 Å². The Balaban J connectivity index is 2.38. The van der Waals surface area contributed by atoms with Crippen LogP contribution in [0, 0.1) is 5.41 Å². The van der Waals surface area contributed by atoms with E-state index in [1.54, 1.807) is 7.11 Å². The van der Waals surface area contributed by atoms with Gasteiger partial charge in [0.15, 0.2) is 0 Å². The van der Waals surface area contributed by atoms with Gasteiger partial charge in [0, 0.05) is 19.0 Å². The van der Waals surface area contributed by atoms with Crippen LogP contribution in [0.15, 0.2) is 18.2 Å². The van der Waals surface area contributed by atoms with E-state index in [1.165, 1.54) is 11.1 Å². The molecule has 0 aromatic heterocycles. The average molecular weight is 247 g/mol. The van der Waals surface area contributed by atoms with Gasteiger partial charge in [-0.25, -0.2) is 0 Å². The molecular formula is C16H25NO. The monoisotopic (exact) mass is 247 g/mol. The van der Waals surface area contributed by atoms with Gasteiger partial charge in [0.1, 0.15) is 5.75 Å². The molecule has 1 atom stereocenters. The van der Waals surface area contributed by atoms with Crippen LogP contribution in [0.2, 0.25) is 0 Å². The first kappa shape index (κ1) is 13.4. The van der Waals surface area contributed by atoms with Crippen molar-refractivity contribution in [2.45, 2.75) is 39.5 Å². The van der Waals surface area contributed by atoms with Gasteiger partial charge in [-0.1, -0.05) is 39.8 Å². The molecule has 1 unspecified atom stereocenters. The Hall–Kier alpha value is -1.02. The maximum atomic E-state index is 5.46. The SMILES string of the molecule is COc1ccc(C2CNCC2(C)C)cc1C(C)C. The predicted octanol–water partition coefficient (Wildman–Crippen LogP) is 3.53. The highest BCUT2D eigenvalue weighted by Gasteiger charge is 2.35. The molecule has 0 bridgehead atoms. The molecule has 1 heterocycles. The van der Waals surface area contributed by atoms with Crippen molar-refractivity contribution in [3.05, 3.63) is 29.3 Å². The van der Waals surface area contributed by atoms with Crippen LogP contribution in [0.25, 0.3) is 0 Å². The average Bonchev–Trinajstić information content (AvgIpc) is 2.68. The van der Waals surface area contributed by atoms with Crippen LogP contribution in [0.1, 0.15) is 50.7 Å². The Labute approximate surface area is 111 Å². The normalized spacial score (nSPS) is 22.4. The summed E-state index contributed by atoms with van der Waals surface area (Å²) < 4.78 is 5.46. The standard InChI is InChI=1S/C16H25NO/c1-11(2)13-8-12(6-7-15(13)18-5)14-9-17-10-16(14,3)4/h6-8,11,14,17H,9-10H2,1-5H3. The molecule has 0 radical (unpaired) electrons. The third-order valence-electron chi connectivity index (χ3n) is 4.15. The van der Waals surface area contributed by atoms with Gasteiger partial charge in [0.2, 0.25) is 0 Å². The molecule has 2 rings (SSSR count). The van der Waals surface area contributed by atoms with Crippen LogP contribution < -0.4 is 10.1 Å². The Morgan fingerprint density at radius 3 is 2.56 bits per heavy atom. The van der Waals surface area contributed by atoms with Crippen molar-refractivity contribution in [1.29, 1.82) is 0 Å². The zero-order valence-corrected chi connectivity index (χ0v) is 12.2. The molecule has 2 nitrogen and oxygen atoms in total. The first-order valence-corrected chi connectivity index (χ1v) is 6.84. The minimum atomic E-state index is 0.336. The lowest BCUT2D eigenvalue weighted by Crippen LogP contribution is -2.20. The summed E-state index contributed by atoms with van der Waals surface area (Å²) in [5, 5.41) is 3.51. The smallest absolute Gasteiger partial charge is 0.122 e. The fraction of sp³-hybridized carbons (Fsp3) is 0.625. The van der Waals surface area contributed by atoms with E-state index >= 15 is 0 Å². The second kappa shape index (κ2) is 4.93. The largest absolute Gasteiger partial charge is 0.496 e. The lowest BCUT2D eigenvalue weighted by Gasteiger charge is -2.27. The quantitative estimate of drug-likeness (QED) is 0.882. The predicted molar refractivity (Wildman–Crippen MR) is 76.5 cm³/mol. The fourth-order valence-corrected chi connectivity index (χ4v) is 2.93.